The van der Waals surface area contributed by atoms with Crippen LogP contribution in [0, 0.1) is 5.92 Å². The number of hydrogen-bond acceptors (Lipinski definition) is 3. The second-order valence-electron chi connectivity index (χ2n) is 6.07. The van der Waals surface area contributed by atoms with Crippen LogP contribution in [0.5, 0.6) is 0 Å². The molecule has 0 saturated carbocycles. The number of para-hydroxylation sites is 1. The minimum Gasteiger partial charge on any atom is -0.384 e. The number of hydrogen-bond donors (Lipinski definition) is 1. The fourth-order valence-corrected chi connectivity index (χ4v) is 3.55. The molecule has 1 fully saturated rings. The third-order valence-electron chi connectivity index (χ3n) is 4.87. The Bertz CT molecular complexity index is 643. The number of imidazole rings is 1. The van der Waals surface area contributed by atoms with Crippen molar-refractivity contribution in [2.24, 2.45) is 5.92 Å². The van der Waals surface area contributed by atoms with Gasteiger partial charge in [0.25, 0.3) is 0 Å². The summed E-state index contributed by atoms with van der Waals surface area (Å²) in [7, 11) is 0. The van der Waals surface area contributed by atoms with Crippen molar-refractivity contribution in [3.8, 4) is 11.3 Å². The molecule has 1 aromatic heterocycles. The normalized spacial score (nSPS) is 22.0. The number of nitrogens with zero attached hydrogens (tertiary/aromatic N) is 2. The van der Waals surface area contributed by atoms with E-state index in [-0.39, 0.29) is 0 Å². The molecule has 0 spiro atoms. The van der Waals surface area contributed by atoms with Gasteiger partial charge in [-0.1, -0.05) is 18.2 Å². The van der Waals surface area contributed by atoms with E-state index < -0.39 is 0 Å². The molecule has 0 bridgehead atoms. The van der Waals surface area contributed by atoms with Crippen molar-refractivity contribution in [1.82, 2.24) is 9.55 Å². The number of rotatable bonds is 3. The first kappa shape index (κ1) is 12.9. The summed E-state index contributed by atoms with van der Waals surface area (Å²) in [5, 5.41) is 3.53. The molecule has 0 aliphatic carbocycles. The summed E-state index contributed by atoms with van der Waals surface area (Å²) in [5.74, 6) is 0.586. The Hall–Kier alpha value is -1.81. The van der Waals surface area contributed by atoms with Crippen molar-refractivity contribution >= 4 is 5.69 Å². The largest absolute Gasteiger partial charge is 0.384 e. The van der Waals surface area contributed by atoms with Crippen molar-refractivity contribution in [3.63, 3.8) is 0 Å². The lowest BCUT2D eigenvalue weighted by atomic mass is 9.99. The van der Waals surface area contributed by atoms with Gasteiger partial charge in [-0.25, -0.2) is 4.98 Å². The lowest BCUT2D eigenvalue weighted by molar-refractivity contribution is 0.175. The molecule has 21 heavy (non-hydrogen) atoms. The number of ether oxygens (including phenoxy) is 1. The van der Waals surface area contributed by atoms with E-state index in [0.717, 1.165) is 32.6 Å². The second-order valence-corrected chi connectivity index (χ2v) is 6.07. The lowest BCUT2D eigenvalue weighted by Crippen LogP contribution is -2.17. The minimum absolute atomic E-state index is 0.419. The van der Waals surface area contributed by atoms with Gasteiger partial charge in [-0.15, -0.1) is 0 Å². The van der Waals surface area contributed by atoms with Crippen LogP contribution in [0.25, 0.3) is 11.3 Å². The number of anilines is 1. The van der Waals surface area contributed by atoms with Gasteiger partial charge in [-0.2, -0.15) is 0 Å². The van der Waals surface area contributed by atoms with E-state index in [1.54, 1.807) is 0 Å². The van der Waals surface area contributed by atoms with Crippen LogP contribution < -0.4 is 5.32 Å². The van der Waals surface area contributed by atoms with Crippen LogP contribution in [-0.2, 0) is 11.2 Å². The quantitative estimate of drug-likeness (QED) is 0.940. The molecule has 3 heterocycles. The Morgan fingerprint density at radius 3 is 3.24 bits per heavy atom. The van der Waals surface area contributed by atoms with Gasteiger partial charge in [0.2, 0.25) is 0 Å². The molecule has 2 unspecified atom stereocenters. The first-order valence-electron chi connectivity index (χ1n) is 7.80. The Kier molecular flexibility index (Phi) is 3.19. The van der Waals surface area contributed by atoms with E-state index in [2.05, 4.69) is 40.0 Å². The first-order chi connectivity index (χ1) is 10.3. The highest BCUT2D eigenvalue weighted by Crippen LogP contribution is 2.37. The highest BCUT2D eigenvalue weighted by Gasteiger charge is 2.26. The van der Waals surface area contributed by atoms with Gasteiger partial charge < -0.3 is 14.6 Å². The highest BCUT2D eigenvalue weighted by molar-refractivity contribution is 5.79. The zero-order valence-electron chi connectivity index (χ0n) is 12.4. The van der Waals surface area contributed by atoms with Crippen LogP contribution in [-0.4, -0.2) is 29.3 Å². The van der Waals surface area contributed by atoms with Gasteiger partial charge in [0.05, 0.1) is 24.8 Å². The van der Waals surface area contributed by atoms with Crippen LogP contribution in [0.4, 0.5) is 5.69 Å². The van der Waals surface area contributed by atoms with Crippen molar-refractivity contribution in [2.45, 2.75) is 25.8 Å². The third kappa shape index (κ3) is 2.14. The predicted molar refractivity (Wildman–Crippen MR) is 83.5 cm³/mol. The molecular weight excluding hydrogens is 262 g/mol. The van der Waals surface area contributed by atoms with E-state index in [0.29, 0.717) is 12.0 Å². The smallest absolute Gasteiger partial charge is 0.0953 e. The van der Waals surface area contributed by atoms with E-state index >= 15 is 0 Å². The Morgan fingerprint density at radius 1 is 1.43 bits per heavy atom. The molecule has 4 rings (SSSR count). The summed E-state index contributed by atoms with van der Waals surface area (Å²) in [4.78, 5) is 4.41. The summed E-state index contributed by atoms with van der Waals surface area (Å²) in [6, 6.07) is 6.99. The molecule has 2 aromatic rings. The van der Waals surface area contributed by atoms with E-state index in [1.165, 1.54) is 22.5 Å². The average molecular weight is 283 g/mol. The Balaban J connectivity index is 1.74. The van der Waals surface area contributed by atoms with Crippen LogP contribution in [0.3, 0.4) is 0 Å². The summed E-state index contributed by atoms with van der Waals surface area (Å²) >= 11 is 0. The maximum atomic E-state index is 5.55. The molecule has 1 N–H and O–H groups in total. The van der Waals surface area contributed by atoms with Crippen molar-refractivity contribution in [3.05, 3.63) is 36.3 Å². The molecule has 4 heteroatoms. The van der Waals surface area contributed by atoms with Gasteiger partial charge in [0.15, 0.2) is 0 Å². The lowest BCUT2D eigenvalue weighted by Gasteiger charge is -2.22. The zero-order chi connectivity index (χ0) is 14.2. The molecule has 1 aromatic carbocycles. The maximum Gasteiger partial charge on any atom is 0.0953 e. The van der Waals surface area contributed by atoms with Gasteiger partial charge in [-0.05, 0) is 25.3 Å². The molecule has 2 aliphatic rings. The number of nitrogens with one attached hydrogen (secondary N) is 1. The summed E-state index contributed by atoms with van der Waals surface area (Å²) in [6.07, 6.45) is 6.21. The molecule has 4 nitrogen and oxygen atoms in total. The second kappa shape index (κ2) is 5.19. The fraction of sp³-hybridized carbons (Fsp3) is 0.471. The summed E-state index contributed by atoms with van der Waals surface area (Å²) in [6.45, 7) is 5.07. The first-order valence-corrected chi connectivity index (χ1v) is 7.80. The van der Waals surface area contributed by atoms with Crippen molar-refractivity contribution in [2.75, 3.05) is 25.1 Å². The highest BCUT2D eigenvalue weighted by atomic mass is 16.5. The molecular formula is C17H21N3O. The van der Waals surface area contributed by atoms with E-state index in [9.17, 15) is 0 Å². The van der Waals surface area contributed by atoms with Crippen LogP contribution >= 0.6 is 0 Å². The molecule has 2 aliphatic heterocycles. The fourth-order valence-electron chi connectivity index (χ4n) is 3.55. The molecule has 0 amide bonds. The number of fused-ring (bicyclic) bond motifs is 1. The molecule has 1 saturated heterocycles. The summed E-state index contributed by atoms with van der Waals surface area (Å²) < 4.78 is 7.86. The molecule has 110 valence electrons. The van der Waals surface area contributed by atoms with Gasteiger partial charge in [-0.3, -0.25) is 0 Å². The van der Waals surface area contributed by atoms with Crippen LogP contribution in [0.15, 0.2) is 30.7 Å². The van der Waals surface area contributed by atoms with Crippen LogP contribution in [0.2, 0.25) is 0 Å². The van der Waals surface area contributed by atoms with E-state index in [4.69, 9.17) is 4.74 Å². The Labute approximate surface area is 125 Å². The summed E-state index contributed by atoms with van der Waals surface area (Å²) in [5.41, 5.74) is 5.18. The topological polar surface area (TPSA) is 39.1 Å². The average Bonchev–Trinajstić information content (AvgIpc) is 3.24. The van der Waals surface area contributed by atoms with Crippen molar-refractivity contribution in [1.29, 1.82) is 0 Å². The third-order valence-corrected chi connectivity index (χ3v) is 4.87. The van der Waals surface area contributed by atoms with Crippen molar-refractivity contribution < 1.29 is 4.74 Å². The predicted octanol–water partition coefficient (Wildman–Crippen LogP) is 3.12. The molecule has 0 radical (unpaired) electrons. The van der Waals surface area contributed by atoms with Crippen LogP contribution in [0.1, 0.15) is 24.9 Å². The number of benzene rings is 1. The minimum atomic E-state index is 0.419. The molecule has 2 atom stereocenters. The SMILES string of the molecule is CC(C1CCOC1)n1cncc1-c1cccc2c1NCC2. The zero-order valence-corrected chi connectivity index (χ0v) is 12.4. The number of aromatic nitrogens is 2. The van der Waals surface area contributed by atoms with Gasteiger partial charge in [0, 0.05) is 36.4 Å². The van der Waals surface area contributed by atoms with Gasteiger partial charge >= 0.3 is 0 Å². The van der Waals surface area contributed by atoms with E-state index in [1.807, 2.05) is 12.5 Å². The maximum absolute atomic E-state index is 5.55. The standard InChI is InChI=1S/C17H21N3O/c1-12(14-6-8-21-10-14)20-11-18-9-16(20)15-4-2-3-13-5-7-19-17(13)15/h2-4,9,11-12,14,19H,5-8,10H2,1H3. The Morgan fingerprint density at radius 2 is 2.38 bits per heavy atom. The monoisotopic (exact) mass is 283 g/mol. The van der Waals surface area contributed by atoms with Gasteiger partial charge in [0.1, 0.15) is 0 Å².